The maximum Gasteiger partial charge on any atom is 0.225 e. The second kappa shape index (κ2) is 8.45. The van der Waals surface area contributed by atoms with Crippen molar-refractivity contribution in [1.29, 1.82) is 0 Å². The zero-order valence-electron chi connectivity index (χ0n) is 13.1. The van der Waals surface area contributed by atoms with Gasteiger partial charge in [0.1, 0.15) is 12.4 Å². The average Bonchev–Trinajstić information content (AvgIpc) is 2.44. The summed E-state index contributed by atoms with van der Waals surface area (Å²) in [6.07, 6.45) is 3.67. The fourth-order valence-electron chi connectivity index (χ4n) is 2.84. The third-order valence-electron chi connectivity index (χ3n) is 4.12. The highest BCUT2D eigenvalue weighted by atomic mass is 35.5. The van der Waals surface area contributed by atoms with Crippen molar-refractivity contribution in [3.05, 3.63) is 29.8 Å². The number of nitrogens with two attached hydrogens (primary N) is 1. The van der Waals surface area contributed by atoms with Gasteiger partial charge in [0.05, 0.1) is 12.5 Å². The molecule has 0 aliphatic heterocycles. The Kier molecular flexibility index (Phi) is 7.22. The van der Waals surface area contributed by atoms with E-state index in [-0.39, 0.29) is 43.1 Å². The first-order valence-corrected chi connectivity index (χ1v) is 7.54. The second-order valence-corrected chi connectivity index (χ2v) is 6.02. The molecule has 0 spiro atoms. The molecular formula is C16H23ClF2N2O2. The molecule has 1 aliphatic rings. The van der Waals surface area contributed by atoms with Crippen LogP contribution in [0, 0.1) is 17.6 Å². The zero-order chi connectivity index (χ0) is 16.2. The van der Waals surface area contributed by atoms with E-state index in [1.807, 2.05) is 6.92 Å². The number of benzene rings is 1. The van der Waals surface area contributed by atoms with Gasteiger partial charge in [-0.05, 0) is 31.9 Å². The quantitative estimate of drug-likeness (QED) is 0.804. The molecule has 7 heteroatoms. The monoisotopic (exact) mass is 348 g/mol. The number of nitrogens with one attached hydrogen (secondary N) is 1. The molecule has 1 aliphatic carbocycles. The molecule has 1 amide bonds. The van der Waals surface area contributed by atoms with E-state index in [4.69, 9.17) is 10.5 Å². The van der Waals surface area contributed by atoms with Crippen LogP contribution in [0.15, 0.2) is 18.2 Å². The topological polar surface area (TPSA) is 64.4 Å². The molecule has 23 heavy (non-hydrogen) atoms. The summed E-state index contributed by atoms with van der Waals surface area (Å²) < 4.78 is 31.3. The third-order valence-corrected chi connectivity index (χ3v) is 4.12. The van der Waals surface area contributed by atoms with Crippen LogP contribution in [0.1, 0.15) is 32.6 Å². The Hall–Kier alpha value is -1.40. The first-order valence-electron chi connectivity index (χ1n) is 7.54. The lowest BCUT2D eigenvalue weighted by Crippen LogP contribution is -2.53. The van der Waals surface area contributed by atoms with E-state index < -0.39 is 17.2 Å². The van der Waals surface area contributed by atoms with Crippen molar-refractivity contribution < 1.29 is 18.3 Å². The van der Waals surface area contributed by atoms with Crippen molar-refractivity contribution in [2.75, 3.05) is 13.2 Å². The Labute approximate surface area is 141 Å². The van der Waals surface area contributed by atoms with E-state index >= 15 is 0 Å². The first-order chi connectivity index (χ1) is 10.4. The number of hydrogen-bond donors (Lipinski definition) is 2. The number of amides is 1. The summed E-state index contributed by atoms with van der Waals surface area (Å²) in [6, 6.07) is 3.11. The number of ether oxygens (including phenoxy) is 1. The van der Waals surface area contributed by atoms with Crippen LogP contribution in [0.3, 0.4) is 0 Å². The molecule has 4 nitrogen and oxygen atoms in total. The van der Waals surface area contributed by atoms with Gasteiger partial charge in [-0.15, -0.1) is 12.4 Å². The van der Waals surface area contributed by atoms with Crippen LogP contribution in [-0.2, 0) is 4.79 Å². The second-order valence-electron chi connectivity index (χ2n) is 6.02. The predicted molar refractivity (Wildman–Crippen MR) is 86.7 cm³/mol. The van der Waals surface area contributed by atoms with Crippen molar-refractivity contribution in [2.45, 2.75) is 38.1 Å². The maximum absolute atomic E-state index is 13.4. The van der Waals surface area contributed by atoms with Crippen LogP contribution in [0.2, 0.25) is 0 Å². The van der Waals surface area contributed by atoms with E-state index in [0.717, 1.165) is 37.8 Å². The Morgan fingerprint density at radius 2 is 2.17 bits per heavy atom. The molecule has 0 bridgehead atoms. The van der Waals surface area contributed by atoms with E-state index in [0.29, 0.717) is 0 Å². The lowest BCUT2D eigenvalue weighted by Gasteiger charge is -2.37. The van der Waals surface area contributed by atoms with Gasteiger partial charge in [0.15, 0.2) is 11.6 Å². The number of carbonyl (C=O) groups is 1. The normalized spacial score (nSPS) is 23.7. The van der Waals surface area contributed by atoms with Gasteiger partial charge < -0.3 is 15.8 Å². The van der Waals surface area contributed by atoms with Gasteiger partial charge in [-0.3, -0.25) is 4.79 Å². The molecular weight excluding hydrogens is 326 g/mol. The highest BCUT2D eigenvalue weighted by molar-refractivity contribution is 5.85. The van der Waals surface area contributed by atoms with Crippen molar-refractivity contribution >= 4 is 18.3 Å². The van der Waals surface area contributed by atoms with Gasteiger partial charge >= 0.3 is 0 Å². The molecule has 2 rings (SSSR count). The Balaban J connectivity index is 0.00000264. The van der Waals surface area contributed by atoms with Gasteiger partial charge in [-0.1, -0.05) is 12.8 Å². The smallest absolute Gasteiger partial charge is 0.225 e. The van der Waals surface area contributed by atoms with Gasteiger partial charge in [0.2, 0.25) is 5.91 Å². The lowest BCUT2D eigenvalue weighted by molar-refractivity contribution is -0.128. The summed E-state index contributed by atoms with van der Waals surface area (Å²) >= 11 is 0. The summed E-state index contributed by atoms with van der Waals surface area (Å²) in [4.78, 5) is 12.2. The van der Waals surface area contributed by atoms with Crippen LogP contribution in [-0.4, -0.2) is 24.6 Å². The van der Waals surface area contributed by atoms with Crippen LogP contribution < -0.4 is 15.8 Å². The third kappa shape index (κ3) is 5.32. The largest absolute Gasteiger partial charge is 0.489 e. The highest BCUT2D eigenvalue weighted by Gasteiger charge is 2.37. The number of carbonyl (C=O) groups excluding carboxylic acids is 1. The first kappa shape index (κ1) is 19.6. The molecule has 0 aromatic heterocycles. The van der Waals surface area contributed by atoms with E-state index in [2.05, 4.69) is 5.32 Å². The van der Waals surface area contributed by atoms with Crippen molar-refractivity contribution in [3.63, 3.8) is 0 Å². The van der Waals surface area contributed by atoms with Gasteiger partial charge in [-0.25, -0.2) is 8.78 Å². The SMILES string of the molecule is CC1(N)CCCCC1C(=O)NCCOc1ccc(F)cc1F.Cl. The molecule has 1 aromatic rings. The van der Waals surface area contributed by atoms with Gasteiger partial charge in [0.25, 0.3) is 0 Å². The Morgan fingerprint density at radius 3 is 2.83 bits per heavy atom. The molecule has 1 fully saturated rings. The number of halogens is 3. The summed E-state index contributed by atoms with van der Waals surface area (Å²) in [6.45, 7) is 2.27. The van der Waals surface area contributed by atoms with Crippen molar-refractivity contribution in [3.8, 4) is 5.75 Å². The predicted octanol–water partition coefficient (Wildman–Crippen LogP) is 2.79. The molecule has 1 saturated carbocycles. The molecule has 1 aromatic carbocycles. The molecule has 2 unspecified atom stereocenters. The molecule has 2 atom stereocenters. The van der Waals surface area contributed by atoms with E-state index in [1.165, 1.54) is 6.07 Å². The molecule has 0 heterocycles. The molecule has 0 radical (unpaired) electrons. The van der Waals surface area contributed by atoms with E-state index in [1.54, 1.807) is 0 Å². The fraction of sp³-hybridized carbons (Fsp3) is 0.562. The minimum Gasteiger partial charge on any atom is -0.489 e. The van der Waals surface area contributed by atoms with Crippen LogP contribution >= 0.6 is 12.4 Å². The summed E-state index contributed by atoms with van der Waals surface area (Å²) in [7, 11) is 0. The molecule has 0 saturated heterocycles. The minimum atomic E-state index is -0.756. The molecule has 3 N–H and O–H groups in total. The van der Waals surface area contributed by atoms with E-state index in [9.17, 15) is 13.6 Å². The number of hydrogen-bond acceptors (Lipinski definition) is 3. The summed E-state index contributed by atoms with van der Waals surface area (Å²) in [5.41, 5.74) is 5.70. The van der Waals surface area contributed by atoms with Crippen molar-refractivity contribution in [2.24, 2.45) is 11.7 Å². The van der Waals surface area contributed by atoms with Gasteiger partial charge in [0, 0.05) is 11.6 Å². The van der Waals surface area contributed by atoms with Crippen molar-refractivity contribution in [1.82, 2.24) is 5.32 Å². The number of rotatable bonds is 5. The molecule has 130 valence electrons. The maximum atomic E-state index is 13.4. The lowest BCUT2D eigenvalue weighted by atomic mass is 9.74. The zero-order valence-corrected chi connectivity index (χ0v) is 13.9. The average molecular weight is 349 g/mol. The summed E-state index contributed by atoms with van der Waals surface area (Å²) in [5, 5.41) is 2.77. The van der Waals surface area contributed by atoms with Crippen LogP contribution in [0.25, 0.3) is 0 Å². The van der Waals surface area contributed by atoms with Crippen LogP contribution in [0.4, 0.5) is 8.78 Å². The minimum absolute atomic E-state index is 0. The Morgan fingerprint density at radius 1 is 1.43 bits per heavy atom. The van der Waals surface area contributed by atoms with Gasteiger partial charge in [-0.2, -0.15) is 0 Å². The standard InChI is InChI=1S/C16H22F2N2O2.ClH/c1-16(19)7-3-2-4-12(16)15(21)20-8-9-22-14-6-5-11(17)10-13(14)18;/h5-6,10,12H,2-4,7-9,19H2,1H3,(H,20,21);1H. The van der Waals surface area contributed by atoms with Crippen LogP contribution in [0.5, 0.6) is 5.75 Å². The highest BCUT2D eigenvalue weighted by Crippen LogP contribution is 2.31. The summed E-state index contributed by atoms with van der Waals surface area (Å²) in [5.74, 6) is -1.74. The fourth-order valence-corrected chi connectivity index (χ4v) is 2.84. The Bertz CT molecular complexity index is 541.